The van der Waals surface area contributed by atoms with E-state index >= 15 is 0 Å². The van der Waals surface area contributed by atoms with E-state index < -0.39 is 6.04 Å². The Morgan fingerprint density at radius 1 is 1.48 bits per heavy atom. The van der Waals surface area contributed by atoms with Crippen LogP contribution in [0.15, 0.2) is 18.2 Å². The van der Waals surface area contributed by atoms with Gasteiger partial charge in [0.2, 0.25) is 5.91 Å². The number of methoxy groups -OCH3 is 1. The molecule has 0 bridgehead atoms. The first kappa shape index (κ1) is 17.8. The predicted octanol–water partition coefficient (Wildman–Crippen LogP) is 2.75. The van der Waals surface area contributed by atoms with Gasteiger partial charge >= 0.3 is 0 Å². The summed E-state index contributed by atoms with van der Waals surface area (Å²) in [4.78, 5) is 16.4. The second-order valence-corrected chi connectivity index (χ2v) is 6.00. The Kier molecular flexibility index (Phi) is 6.54. The maximum absolute atomic E-state index is 11.8. The van der Waals surface area contributed by atoms with E-state index in [0.717, 1.165) is 20.9 Å². The predicted molar refractivity (Wildman–Crippen MR) is 89.4 cm³/mol. The standard InChI is InChI=1S/C14H19N3O2S.ClH/c1-8(2)14-17-11-5-4-9(6-12(11)20-14)16-13(18)10(15)7-19-3;/h4-6,8,10H,7,15H2,1-3H3,(H,16,18);1H. The smallest absolute Gasteiger partial charge is 0.243 e. The molecular formula is C14H20ClN3O2S. The SMILES string of the molecule is COCC(N)C(=O)Nc1ccc2nc(C(C)C)sc2c1.Cl. The number of ether oxygens (including phenoxy) is 1. The molecule has 116 valence electrons. The van der Waals surface area contributed by atoms with Crippen molar-refractivity contribution in [2.24, 2.45) is 5.73 Å². The van der Waals surface area contributed by atoms with Gasteiger partial charge in [0.25, 0.3) is 0 Å². The summed E-state index contributed by atoms with van der Waals surface area (Å²) in [7, 11) is 1.52. The molecule has 5 nitrogen and oxygen atoms in total. The first-order chi connectivity index (χ1) is 9.51. The van der Waals surface area contributed by atoms with Gasteiger partial charge in [-0.2, -0.15) is 0 Å². The summed E-state index contributed by atoms with van der Waals surface area (Å²) < 4.78 is 5.93. The van der Waals surface area contributed by atoms with Crippen LogP contribution in [-0.2, 0) is 9.53 Å². The van der Waals surface area contributed by atoms with E-state index in [0.29, 0.717) is 5.92 Å². The summed E-state index contributed by atoms with van der Waals surface area (Å²) in [6.45, 7) is 4.43. The molecule has 0 spiro atoms. The Morgan fingerprint density at radius 2 is 2.19 bits per heavy atom. The molecule has 1 aromatic heterocycles. The van der Waals surface area contributed by atoms with Gasteiger partial charge in [-0.05, 0) is 18.2 Å². The van der Waals surface area contributed by atoms with Gasteiger partial charge in [0.15, 0.2) is 0 Å². The molecule has 2 rings (SSSR count). The number of carbonyl (C=O) groups excluding carboxylic acids is 1. The van der Waals surface area contributed by atoms with Gasteiger partial charge in [-0.15, -0.1) is 23.7 Å². The van der Waals surface area contributed by atoms with Crippen LogP contribution in [0.25, 0.3) is 10.2 Å². The van der Waals surface area contributed by atoms with Crippen LogP contribution in [-0.4, -0.2) is 30.6 Å². The summed E-state index contributed by atoms with van der Waals surface area (Å²) in [6, 6.07) is 5.01. The molecule has 1 amide bonds. The average molecular weight is 330 g/mol. The van der Waals surface area contributed by atoms with E-state index in [1.165, 1.54) is 7.11 Å². The molecule has 1 unspecified atom stereocenters. The van der Waals surface area contributed by atoms with Gasteiger partial charge in [-0.1, -0.05) is 13.8 Å². The van der Waals surface area contributed by atoms with Crippen molar-refractivity contribution in [1.29, 1.82) is 0 Å². The molecule has 0 radical (unpaired) electrons. The second kappa shape index (κ2) is 7.70. The molecule has 0 aliphatic heterocycles. The number of fused-ring (bicyclic) bond motifs is 1. The third-order valence-corrected chi connectivity index (χ3v) is 4.17. The van der Waals surface area contributed by atoms with Gasteiger partial charge in [0.05, 0.1) is 21.8 Å². The normalized spacial score (nSPS) is 12.2. The van der Waals surface area contributed by atoms with Crippen molar-refractivity contribution in [3.8, 4) is 0 Å². The summed E-state index contributed by atoms with van der Waals surface area (Å²) in [5, 5.41) is 3.89. The van der Waals surface area contributed by atoms with E-state index in [1.54, 1.807) is 11.3 Å². The fraction of sp³-hybridized carbons (Fsp3) is 0.429. The van der Waals surface area contributed by atoms with Crippen molar-refractivity contribution in [3.63, 3.8) is 0 Å². The van der Waals surface area contributed by atoms with Crippen molar-refractivity contribution in [2.75, 3.05) is 19.0 Å². The first-order valence-electron chi connectivity index (χ1n) is 6.47. The number of thiazole rings is 1. The molecule has 0 saturated carbocycles. The van der Waals surface area contributed by atoms with Crippen molar-refractivity contribution in [1.82, 2.24) is 4.98 Å². The number of nitrogens with zero attached hydrogens (tertiary/aromatic N) is 1. The number of carbonyl (C=O) groups is 1. The highest BCUT2D eigenvalue weighted by atomic mass is 35.5. The van der Waals surface area contributed by atoms with E-state index in [9.17, 15) is 4.79 Å². The minimum absolute atomic E-state index is 0. The van der Waals surface area contributed by atoms with Gasteiger partial charge < -0.3 is 15.8 Å². The summed E-state index contributed by atoms with van der Waals surface area (Å²) in [5.41, 5.74) is 7.37. The quantitative estimate of drug-likeness (QED) is 0.884. The van der Waals surface area contributed by atoms with Crippen LogP contribution in [0.1, 0.15) is 24.8 Å². The van der Waals surface area contributed by atoms with Crippen molar-refractivity contribution < 1.29 is 9.53 Å². The Hall–Kier alpha value is -1.21. The third-order valence-electron chi connectivity index (χ3n) is 2.85. The highest BCUT2D eigenvalue weighted by molar-refractivity contribution is 7.18. The van der Waals surface area contributed by atoms with Crippen LogP contribution in [0.2, 0.25) is 0 Å². The largest absolute Gasteiger partial charge is 0.383 e. The van der Waals surface area contributed by atoms with Crippen molar-refractivity contribution in [3.05, 3.63) is 23.2 Å². The molecular weight excluding hydrogens is 310 g/mol. The minimum atomic E-state index is -0.664. The Morgan fingerprint density at radius 3 is 2.81 bits per heavy atom. The van der Waals surface area contributed by atoms with Gasteiger partial charge in [0.1, 0.15) is 6.04 Å². The van der Waals surface area contributed by atoms with Crippen molar-refractivity contribution in [2.45, 2.75) is 25.8 Å². The molecule has 2 aromatic rings. The molecule has 0 fully saturated rings. The maximum atomic E-state index is 11.8. The molecule has 21 heavy (non-hydrogen) atoms. The van der Waals surface area contributed by atoms with E-state index in [2.05, 4.69) is 24.1 Å². The zero-order valence-corrected chi connectivity index (χ0v) is 13.9. The molecule has 0 saturated heterocycles. The first-order valence-corrected chi connectivity index (χ1v) is 7.28. The number of amides is 1. The highest BCUT2D eigenvalue weighted by Crippen LogP contribution is 2.29. The minimum Gasteiger partial charge on any atom is -0.383 e. The fourth-order valence-electron chi connectivity index (χ4n) is 1.76. The lowest BCUT2D eigenvalue weighted by molar-refractivity contribution is -0.118. The van der Waals surface area contributed by atoms with Crippen LogP contribution >= 0.6 is 23.7 Å². The van der Waals surface area contributed by atoms with Crippen LogP contribution in [0.4, 0.5) is 5.69 Å². The molecule has 1 atom stereocenters. The lowest BCUT2D eigenvalue weighted by Crippen LogP contribution is -2.39. The van der Waals surface area contributed by atoms with E-state index in [-0.39, 0.29) is 24.9 Å². The van der Waals surface area contributed by atoms with Crippen LogP contribution in [0, 0.1) is 0 Å². The number of aromatic nitrogens is 1. The molecule has 0 aliphatic carbocycles. The number of hydrogen-bond donors (Lipinski definition) is 2. The monoisotopic (exact) mass is 329 g/mol. The fourth-order valence-corrected chi connectivity index (χ4v) is 2.77. The Balaban J connectivity index is 0.00000220. The van der Waals surface area contributed by atoms with Crippen molar-refractivity contribution >= 4 is 45.6 Å². The number of nitrogens with two attached hydrogens (primary N) is 1. The zero-order valence-electron chi connectivity index (χ0n) is 12.3. The molecule has 3 N–H and O–H groups in total. The van der Waals surface area contributed by atoms with Crippen LogP contribution < -0.4 is 11.1 Å². The summed E-state index contributed by atoms with van der Waals surface area (Å²) >= 11 is 1.65. The number of nitrogens with one attached hydrogen (secondary N) is 1. The third kappa shape index (κ3) is 4.38. The molecule has 7 heteroatoms. The molecule has 1 heterocycles. The van der Waals surface area contributed by atoms with Crippen LogP contribution in [0.5, 0.6) is 0 Å². The lowest BCUT2D eigenvalue weighted by Gasteiger charge is -2.10. The second-order valence-electron chi connectivity index (χ2n) is 4.94. The summed E-state index contributed by atoms with van der Waals surface area (Å²) in [5.74, 6) is 0.153. The maximum Gasteiger partial charge on any atom is 0.243 e. The zero-order chi connectivity index (χ0) is 14.7. The average Bonchev–Trinajstić information content (AvgIpc) is 2.82. The Labute approximate surface area is 134 Å². The number of anilines is 1. The summed E-state index contributed by atoms with van der Waals surface area (Å²) in [6.07, 6.45) is 0. The molecule has 1 aromatic carbocycles. The van der Waals surface area contributed by atoms with E-state index in [4.69, 9.17) is 10.5 Å². The topological polar surface area (TPSA) is 77.2 Å². The van der Waals surface area contributed by atoms with Gasteiger partial charge in [0, 0.05) is 18.7 Å². The van der Waals surface area contributed by atoms with Crippen LogP contribution in [0.3, 0.4) is 0 Å². The lowest BCUT2D eigenvalue weighted by atomic mass is 10.2. The van der Waals surface area contributed by atoms with Gasteiger partial charge in [-0.25, -0.2) is 4.98 Å². The molecule has 0 aliphatic rings. The number of rotatable bonds is 5. The number of halogens is 1. The van der Waals surface area contributed by atoms with Gasteiger partial charge in [-0.3, -0.25) is 4.79 Å². The number of hydrogen-bond acceptors (Lipinski definition) is 5. The highest BCUT2D eigenvalue weighted by Gasteiger charge is 2.14. The van der Waals surface area contributed by atoms with E-state index in [1.807, 2.05) is 18.2 Å². The Bertz CT molecular complexity index is 615. The number of benzene rings is 1.